The molecule has 1 aliphatic heterocycles. The van der Waals surface area contributed by atoms with E-state index in [2.05, 4.69) is 20.9 Å². The van der Waals surface area contributed by atoms with Gasteiger partial charge >= 0.3 is 0 Å². The maximum absolute atomic E-state index is 14.2. The van der Waals surface area contributed by atoms with Gasteiger partial charge in [-0.15, -0.1) is 0 Å². The van der Waals surface area contributed by atoms with Crippen molar-refractivity contribution in [3.05, 3.63) is 88.2 Å². The largest absolute Gasteiger partial charge is 0.438 e. The number of hydrogen-bond donors (Lipinski definition) is 0. The molecule has 1 atom stereocenters. The summed E-state index contributed by atoms with van der Waals surface area (Å²) >= 11 is 3.38. The summed E-state index contributed by atoms with van der Waals surface area (Å²) in [5, 5.41) is 0. The Morgan fingerprint density at radius 2 is 1.87 bits per heavy atom. The SMILES string of the molecule is O=C(c1ccc(Br)cc1)N1CCCC1c1nc2cc(-c3ccc(F)cc3F)ccc2o1. The molecule has 1 aromatic heterocycles. The average Bonchev–Trinajstić information content (AvgIpc) is 3.40. The molecule has 0 aliphatic carbocycles. The molecular weight excluding hydrogens is 466 g/mol. The summed E-state index contributed by atoms with van der Waals surface area (Å²) in [6.07, 6.45) is 1.62. The van der Waals surface area contributed by atoms with Crippen molar-refractivity contribution in [3.8, 4) is 11.1 Å². The number of aromatic nitrogens is 1. The third-order valence-corrected chi connectivity index (χ3v) is 6.06. The van der Waals surface area contributed by atoms with Gasteiger partial charge in [0.05, 0.1) is 0 Å². The minimum atomic E-state index is -0.634. The smallest absolute Gasteiger partial charge is 0.254 e. The van der Waals surface area contributed by atoms with Gasteiger partial charge in [0.2, 0.25) is 5.89 Å². The van der Waals surface area contributed by atoms with Crippen molar-refractivity contribution < 1.29 is 18.0 Å². The summed E-state index contributed by atoms with van der Waals surface area (Å²) in [5.41, 5.74) is 2.61. The van der Waals surface area contributed by atoms with Crippen LogP contribution >= 0.6 is 15.9 Å². The second-order valence-corrected chi connectivity index (χ2v) is 8.44. The molecule has 0 N–H and O–H groups in total. The summed E-state index contributed by atoms with van der Waals surface area (Å²) in [7, 11) is 0. The second kappa shape index (κ2) is 7.89. The lowest BCUT2D eigenvalue weighted by molar-refractivity contribution is 0.0717. The minimum Gasteiger partial charge on any atom is -0.438 e. The Kier molecular flexibility index (Phi) is 5.06. The number of amides is 1. The van der Waals surface area contributed by atoms with E-state index in [0.717, 1.165) is 23.4 Å². The molecular formula is C24H17BrF2N2O2. The zero-order valence-corrected chi connectivity index (χ0v) is 17.9. The highest BCUT2D eigenvalue weighted by atomic mass is 79.9. The maximum Gasteiger partial charge on any atom is 0.254 e. The number of carbonyl (C=O) groups is 1. The number of halogens is 3. The van der Waals surface area contributed by atoms with Crippen LogP contribution in [0.2, 0.25) is 0 Å². The molecule has 1 aliphatic rings. The van der Waals surface area contributed by atoms with Crippen molar-refractivity contribution in [2.75, 3.05) is 6.54 Å². The van der Waals surface area contributed by atoms with Gasteiger partial charge < -0.3 is 9.32 Å². The molecule has 0 saturated carbocycles. The molecule has 0 bridgehead atoms. The number of nitrogens with zero attached hydrogens (tertiary/aromatic N) is 2. The first kappa shape index (κ1) is 19.9. The number of rotatable bonds is 3. The van der Waals surface area contributed by atoms with Crippen LogP contribution in [0.25, 0.3) is 22.2 Å². The Balaban J connectivity index is 1.47. The second-order valence-electron chi connectivity index (χ2n) is 7.52. The van der Waals surface area contributed by atoms with Crippen molar-refractivity contribution in [2.45, 2.75) is 18.9 Å². The van der Waals surface area contributed by atoms with Gasteiger partial charge in [-0.1, -0.05) is 22.0 Å². The number of likely N-dealkylation sites (tertiary alicyclic amines) is 1. The molecule has 0 spiro atoms. The van der Waals surface area contributed by atoms with E-state index in [0.29, 0.717) is 40.2 Å². The van der Waals surface area contributed by atoms with E-state index in [1.165, 1.54) is 12.1 Å². The van der Waals surface area contributed by atoms with Gasteiger partial charge in [0, 0.05) is 28.2 Å². The van der Waals surface area contributed by atoms with Crippen LogP contribution in [-0.2, 0) is 0 Å². The summed E-state index contributed by atoms with van der Waals surface area (Å²) in [4.78, 5) is 19.4. The van der Waals surface area contributed by atoms with E-state index in [9.17, 15) is 13.6 Å². The topological polar surface area (TPSA) is 46.3 Å². The summed E-state index contributed by atoms with van der Waals surface area (Å²) in [6.45, 7) is 0.629. The lowest BCUT2D eigenvalue weighted by Gasteiger charge is -2.22. The fraction of sp³-hybridized carbons (Fsp3) is 0.167. The highest BCUT2D eigenvalue weighted by molar-refractivity contribution is 9.10. The third-order valence-electron chi connectivity index (χ3n) is 5.54. The van der Waals surface area contributed by atoms with Crippen LogP contribution in [0.4, 0.5) is 8.78 Å². The van der Waals surface area contributed by atoms with Crippen molar-refractivity contribution in [3.63, 3.8) is 0 Å². The van der Waals surface area contributed by atoms with Crippen LogP contribution in [-0.4, -0.2) is 22.3 Å². The van der Waals surface area contributed by atoms with Gasteiger partial charge in [-0.2, -0.15) is 0 Å². The molecule has 1 saturated heterocycles. The van der Waals surface area contributed by atoms with Gasteiger partial charge in [-0.05, 0) is 66.9 Å². The van der Waals surface area contributed by atoms with Crippen molar-refractivity contribution in [1.29, 1.82) is 0 Å². The van der Waals surface area contributed by atoms with Gasteiger partial charge in [0.1, 0.15) is 23.2 Å². The molecule has 5 rings (SSSR count). The molecule has 156 valence electrons. The average molecular weight is 483 g/mol. The zero-order chi connectivity index (χ0) is 21.5. The number of hydrogen-bond acceptors (Lipinski definition) is 3. The van der Waals surface area contributed by atoms with E-state index in [4.69, 9.17) is 4.42 Å². The number of carbonyl (C=O) groups excluding carboxylic acids is 1. The molecule has 1 amide bonds. The highest BCUT2D eigenvalue weighted by Gasteiger charge is 2.34. The first-order valence-electron chi connectivity index (χ1n) is 9.92. The Hall–Kier alpha value is -3.06. The van der Waals surface area contributed by atoms with Gasteiger partial charge in [0.25, 0.3) is 5.91 Å². The molecule has 31 heavy (non-hydrogen) atoms. The van der Waals surface area contributed by atoms with Crippen LogP contribution in [0.15, 0.2) is 69.6 Å². The molecule has 4 aromatic rings. The van der Waals surface area contributed by atoms with Crippen LogP contribution < -0.4 is 0 Å². The van der Waals surface area contributed by atoms with E-state index < -0.39 is 11.6 Å². The van der Waals surface area contributed by atoms with Crippen LogP contribution in [0, 0.1) is 11.6 Å². The maximum atomic E-state index is 14.2. The Morgan fingerprint density at radius 1 is 1.06 bits per heavy atom. The fourth-order valence-corrected chi connectivity index (χ4v) is 4.27. The van der Waals surface area contributed by atoms with Gasteiger partial charge in [-0.3, -0.25) is 4.79 Å². The first-order valence-corrected chi connectivity index (χ1v) is 10.7. The van der Waals surface area contributed by atoms with E-state index >= 15 is 0 Å². The third kappa shape index (κ3) is 3.74. The van der Waals surface area contributed by atoms with E-state index in [1.54, 1.807) is 35.2 Å². The number of benzene rings is 3. The number of fused-ring (bicyclic) bond motifs is 1. The normalized spacial score (nSPS) is 16.2. The lowest BCUT2D eigenvalue weighted by Crippen LogP contribution is -2.30. The predicted molar refractivity (Wildman–Crippen MR) is 117 cm³/mol. The summed E-state index contributed by atoms with van der Waals surface area (Å²) in [6, 6.07) is 15.6. The van der Waals surface area contributed by atoms with Crippen LogP contribution in [0.1, 0.15) is 35.1 Å². The van der Waals surface area contributed by atoms with Gasteiger partial charge in [-0.25, -0.2) is 13.8 Å². The zero-order valence-electron chi connectivity index (χ0n) is 16.3. The first-order chi connectivity index (χ1) is 15.0. The molecule has 1 unspecified atom stereocenters. The standard InChI is InChI=1S/C24H17BrF2N2O2/c25-16-6-3-14(4-7-16)24(30)29-11-1-2-21(29)23-28-20-12-15(5-10-22(20)31-23)18-9-8-17(26)13-19(18)27/h3-10,12-13,21H,1-2,11H2. The monoisotopic (exact) mass is 482 g/mol. The molecule has 7 heteroatoms. The van der Waals surface area contributed by atoms with Crippen LogP contribution in [0.5, 0.6) is 0 Å². The number of oxazole rings is 1. The minimum absolute atomic E-state index is 0.0636. The van der Waals surface area contributed by atoms with E-state index in [-0.39, 0.29) is 11.9 Å². The predicted octanol–water partition coefficient (Wildman–Crippen LogP) is 6.51. The van der Waals surface area contributed by atoms with Gasteiger partial charge in [0.15, 0.2) is 5.58 Å². The Labute approximate surface area is 185 Å². The summed E-state index contributed by atoms with van der Waals surface area (Å²) < 4.78 is 34.3. The lowest BCUT2D eigenvalue weighted by atomic mass is 10.0. The Morgan fingerprint density at radius 3 is 2.65 bits per heavy atom. The van der Waals surface area contributed by atoms with Crippen molar-refractivity contribution in [2.24, 2.45) is 0 Å². The quantitative estimate of drug-likeness (QED) is 0.334. The molecule has 1 fully saturated rings. The molecule has 2 heterocycles. The fourth-order valence-electron chi connectivity index (χ4n) is 4.00. The molecule has 3 aromatic carbocycles. The van der Waals surface area contributed by atoms with Crippen molar-refractivity contribution >= 4 is 32.9 Å². The Bertz CT molecular complexity index is 1290. The van der Waals surface area contributed by atoms with Crippen molar-refractivity contribution in [1.82, 2.24) is 9.88 Å². The van der Waals surface area contributed by atoms with Crippen LogP contribution in [0.3, 0.4) is 0 Å². The molecule has 4 nitrogen and oxygen atoms in total. The highest BCUT2D eigenvalue weighted by Crippen LogP contribution is 2.35. The molecule has 0 radical (unpaired) electrons. The summed E-state index contributed by atoms with van der Waals surface area (Å²) in [5.74, 6) is -0.853. The van der Waals surface area contributed by atoms with E-state index in [1.807, 2.05) is 12.1 Å².